The van der Waals surface area contributed by atoms with Crippen molar-refractivity contribution in [3.05, 3.63) is 77.7 Å². The van der Waals surface area contributed by atoms with Gasteiger partial charge in [-0.3, -0.25) is 9.78 Å². The molecule has 1 aliphatic heterocycles. The van der Waals surface area contributed by atoms with Gasteiger partial charge < -0.3 is 19.3 Å². The largest absolute Gasteiger partial charge is 0.493 e. The molecule has 1 saturated heterocycles. The number of likely N-dealkylation sites (tertiary alicyclic amines) is 1. The third-order valence-corrected chi connectivity index (χ3v) is 5.93. The minimum absolute atomic E-state index is 0.0449. The van der Waals surface area contributed by atoms with Crippen molar-refractivity contribution in [2.24, 2.45) is 0 Å². The molecule has 7 nitrogen and oxygen atoms in total. The van der Waals surface area contributed by atoms with Gasteiger partial charge in [0.1, 0.15) is 12.4 Å². The van der Waals surface area contributed by atoms with Crippen LogP contribution in [0.25, 0.3) is 0 Å². The molecule has 3 aromatic rings. The quantitative estimate of drug-likeness (QED) is 0.543. The molecule has 1 amide bonds. The van der Waals surface area contributed by atoms with E-state index in [1.807, 2.05) is 60.4 Å². The minimum Gasteiger partial charge on any atom is -0.493 e. The molecule has 172 valence electrons. The fourth-order valence-electron chi connectivity index (χ4n) is 4.16. The zero-order valence-corrected chi connectivity index (χ0v) is 19.4. The molecule has 0 saturated carbocycles. The number of pyridine rings is 2. The second-order valence-electron chi connectivity index (χ2n) is 8.38. The van der Waals surface area contributed by atoms with Gasteiger partial charge in [0.2, 0.25) is 0 Å². The van der Waals surface area contributed by atoms with Crippen LogP contribution in [0.1, 0.15) is 40.4 Å². The molecular weight excluding hydrogens is 416 g/mol. The van der Waals surface area contributed by atoms with Crippen molar-refractivity contribution in [1.82, 2.24) is 14.9 Å². The highest BCUT2D eigenvalue weighted by molar-refractivity contribution is 5.98. The topological polar surface area (TPSA) is 67.8 Å². The van der Waals surface area contributed by atoms with Gasteiger partial charge in [-0.25, -0.2) is 4.98 Å². The van der Waals surface area contributed by atoms with Crippen LogP contribution in [-0.2, 0) is 6.61 Å². The number of para-hydroxylation sites is 1. The Morgan fingerprint density at radius 1 is 1.12 bits per heavy atom. The monoisotopic (exact) mass is 446 g/mol. The summed E-state index contributed by atoms with van der Waals surface area (Å²) in [5.41, 5.74) is 2.51. The zero-order valence-electron chi connectivity index (χ0n) is 19.4. The second-order valence-corrected chi connectivity index (χ2v) is 8.38. The maximum absolute atomic E-state index is 13.6. The van der Waals surface area contributed by atoms with E-state index in [9.17, 15) is 4.79 Å². The molecule has 0 N–H and O–H groups in total. The van der Waals surface area contributed by atoms with Crippen LogP contribution >= 0.6 is 0 Å². The summed E-state index contributed by atoms with van der Waals surface area (Å²) in [5, 5.41) is 0. The lowest BCUT2D eigenvalue weighted by molar-refractivity contribution is 0.0701. The van der Waals surface area contributed by atoms with Gasteiger partial charge in [0.25, 0.3) is 5.91 Å². The summed E-state index contributed by atoms with van der Waals surface area (Å²) in [6.07, 6.45) is 5.56. The number of carbonyl (C=O) groups excluding carboxylic acids is 1. The molecule has 1 fully saturated rings. The fraction of sp³-hybridized carbons (Fsp3) is 0.346. The number of methoxy groups -OCH3 is 1. The number of anilines is 1. The number of nitrogens with zero attached hydrogens (tertiary/aromatic N) is 4. The number of carbonyl (C=O) groups is 1. The number of amides is 1. The number of hydrogen-bond donors (Lipinski definition) is 0. The highest BCUT2D eigenvalue weighted by Gasteiger charge is 2.28. The summed E-state index contributed by atoms with van der Waals surface area (Å²) in [6, 6.07) is 15.3. The molecule has 33 heavy (non-hydrogen) atoms. The molecule has 0 bridgehead atoms. The summed E-state index contributed by atoms with van der Waals surface area (Å²) in [5.74, 6) is 2.14. The Morgan fingerprint density at radius 3 is 2.76 bits per heavy atom. The highest BCUT2D eigenvalue weighted by atomic mass is 16.5. The Morgan fingerprint density at radius 2 is 2.00 bits per heavy atom. The maximum Gasteiger partial charge on any atom is 0.257 e. The van der Waals surface area contributed by atoms with Crippen LogP contribution in [0.5, 0.6) is 11.5 Å². The fourth-order valence-corrected chi connectivity index (χ4v) is 4.16. The van der Waals surface area contributed by atoms with Crippen LogP contribution in [0.4, 0.5) is 5.82 Å². The van der Waals surface area contributed by atoms with Gasteiger partial charge >= 0.3 is 0 Å². The molecule has 0 aliphatic carbocycles. The van der Waals surface area contributed by atoms with Crippen LogP contribution in [0, 0.1) is 0 Å². The Hall–Kier alpha value is -3.61. The average Bonchev–Trinajstić information content (AvgIpc) is 2.87. The number of aromatic nitrogens is 2. The molecule has 1 atom stereocenters. The maximum atomic E-state index is 13.6. The Balaban J connectivity index is 1.55. The predicted octanol–water partition coefficient (Wildman–Crippen LogP) is 4.15. The average molecular weight is 447 g/mol. The Labute approximate surface area is 195 Å². The van der Waals surface area contributed by atoms with Gasteiger partial charge in [-0.1, -0.05) is 12.1 Å². The smallest absolute Gasteiger partial charge is 0.257 e. The van der Waals surface area contributed by atoms with E-state index < -0.39 is 0 Å². The molecule has 0 spiro atoms. The number of hydrogen-bond acceptors (Lipinski definition) is 6. The minimum atomic E-state index is -0.0449. The first kappa shape index (κ1) is 22.6. The van der Waals surface area contributed by atoms with E-state index >= 15 is 0 Å². The van der Waals surface area contributed by atoms with E-state index in [2.05, 4.69) is 22.1 Å². The van der Waals surface area contributed by atoms with Crippen molar-refractivity contribution in [3.8, 4) is 11.5 Å². The Bertz CT molecular complexity index is 1090. The molecule has 1 aliphatic rings. The number of ether oxygens (including phenoxy) is 2. The molecular formula is C26H30N4O3. The molecule has 4 rings (SSSR count). The van der Waals surface area contributed by atoms with Gasteiger partial charge in [0.05, 0.1) is 18.4 Å². The van der Waals surface area contributed by atoms with Crippen molar-refractivity contribution >= 4 is 11.7 Å². The zero-order chi connectivity index (χ0) is 23.2. The summed E-state index contributed by atoms with van der Waals surface area (Å²) in [4.78, 5) is 26.3. The van der Waals surface area contributed by atoms with E-state index in [0.29, 0.717) is 23.6 Å². The van der Waals surface area contributed by atoms with Crippen LogP contribution in [0.3, 0.4) is 0 Å². The lowest BCUT2D eigenvalue weighted by atomic mass is 9.90. The number of piperidine rings is 1. The highest BCUT2D eigenvalue weighted by Crippen LogP contribution is 2.35. The molecule has 7 heteroatoms. The van der Waals surface area contributed by atoms with E-state index in [4.69, 9.17) is 9.47 Å². The number of benzene rings is 1. The van der Waals surface area contributed by atoms with E-state index in [-0.39, 0.29) is 18.4 Å². The van der Waals surface area contributed by atoms with Gasteiger partial charge in [-0.15, -0.1) is 0 Å². The molecule has 2 aromatic heterocycles. The lowest BCUT2D eigenvalue weighted by Gasteiger charge is -2.33. The third-order valence-electron chi connectivity index (χ3n) is 5.93. The first-order chi connectivity index (χ1) is 16.1. The summed E-state index contributed by atoms with van der Waals surface area (Å²) in [6.45, 7) is 1.64. The SMILES string of the molecule is COc1cccc(C(=O)N2CCC[C@@H](c3ccnc(N(C)C)c3)C2)c1OCc1ccccn1. The predicted molar refractivity (Wildman–Crippen MR) is 128 cm³/mol. The molecule has 0 unspecified atom stereocenters. The summed E-state index contributed by atoms with van der Waals surface area (Å²) >= 11 is 0. The lowest BCUT2D eigenvalue weighted by Crippen LogP contribution is -2.39. The molecule has 3 heterocycles. The summed E-state index contributed by atoms with van der Waals surface area (Å²) in [7, 11) is 5.55. The molecule has 0 radical (unpaired) electrons. The summed E-state index contributed by atoms with van der Waals surface area (Å²) < 4.78 is 11.6. The van der Waals surface area contributed by atoms with Crippen molar-refractivity contribution in [1.29, 1.82) is 0 Å². The van der Waals surface area contributed by atoms with Crippen molar-refractivity contribution < 1.29 is 14.3 Å². The van der Waals surface area contributed by atoms with Crippen LogP contribution in [0.2, 0.25) is 0 Å². The van der Waals surface area contributed by atoms with E-state index in [0.717, 1.165) is 30.9 Å². The van der Waals surface area contributed by atoms with Gasteiger partial charge in [-0.05, 0) is 54.8 Å². The van der Waals surface area contributed by atoms with Crippen LogP contribution < -0.4 is 14.4 Å². The van der Waals surface area contributed by atoms with Crippen molar-refractivity contribution in [2.45, 2.75) is 25.4 Å². The normalized spacial score (nSPS) is 15.7. The first-order valence-electron chi connectivity index (χ1n) is 11.2. The van der Waals surface area contributed by atoms with E-state index in [1.165, 1.54) is 5.56 Å². The Kier molecular flexibility index (Phi) is 7.07. The van der Waals surface area contributed by atoms with Gasteiger partial charge in [0, 0.05) is 45.5 Å². The van der Waals surface area contributed by atoms with Crippen LogP contribution in [0.15, 0.2) is 60.9 Å². The van der Waals surface area contributed by atoms with E-state index in [1.54, 1.807) is 19.4 Å². The van der Waals surface area contributed by atoms with Crippen molar-refractivity contribution in [2.75, 3.05) is 39.2 Å². The first-order valence-corrected chi connectivity index (χ1v) is 11.2. The number of rotatable bonds is 7. The standard InChI is InChI=1S/C26H30N4O3/c1-29(2)24-16-19(12-14-28-24)20-8-7-15-30(17-20)26(31)22-10-6-11-23(32-3)25(22)33-18-21-9-4-5-13-27-21/h4-6,9-14,16,20H,7-8,15,17-18H2,1-3H3/t20-/m1/s1. The van der Waals surface area contributed by atoms with Gasteiger partial charge in [0.15, 0.2) is 11.5 Å². The molecule has 1 aromatic carbocycles. The van der Waals surface area contributed by atoms with Crippen LogP contribution in [-0.4, -0.2) is 55.1 Å². The van der Waals surface area contributed by atoms with Crippen molar-refractivity contribution in [3.63, 3.8) is 0 Å². The van der Waals surface area contributed by atoms with Gasteiger partial charge in [-0.2, -0.15) is 0 Å². The second kappa shape index (κ2) is 10.3. The third kappa shape index (κ3) is 5.25.